The molecule has 0 aromatic heterocycles. The van der Waals surface area contributed by atoms with Crippen LogP contribution in [0.15, 0.2) is 58.7 Å². The number of amides is 1. The Labute approximate surface area is 128 Å². The predicted molar refractivity (Wildman–Crippen MR) is 86.7 cm³/mol. The fraction of sp³-hybridized carbons (Fsp3) is 0.118. The molecular weight excluding hydrogens is 278 g/mol. The molecule has 0 unspecified atom stereocenters. The molecule has 2 aromatic carbocycles. The molecule has 0 atom stereocenters. The molecule has 1 aliphatic heterocycles. The average molecular weight is 293 g/mol. The minimum atomic E-state index is -0.142. The summed E-state index contributed by atoms with van der Waals surface area (Å²) < 4.78 is 0. The normalized spacial score (nSPS) is 15.8. The van der Waals surface area contributed by atoms with Crippen LogP contribution in [0.1, 0.15) is 18.1 Å². The van der Waals surface area contributed by atoms with Crippen LogP contribution in [0.5, 0.6) is 5.75 Å². The van der Waals surface area contributed by atoms with Gasteiger partial charge in [-0.05, 0) is 30.7 Å². The lowest BCUT2D eigenvalue weighted by Crippen LogP contribution is -2.29. The van der Waals surface area contributed by atoms with Gasteiger partial charge in [0.05, 0.1) is 11.9 Å². The molecule has 0 bridgehead atoms. The lowest BCUT2D eigenvalue weighted by molar-refractivity contribution is -0.112. The molecule has 1 N–H and O–H groups in total. The number of carbonyl (C=O) groups is 1. The summed E-state index contributed by atoms with van der Waals surface area (Å²) in [5, 5.41) is 17.5. The molecule has 0 saturated carbocycles. The van der Waals surface area contributed by atoms with Gasteiger partial charge in [-0.3, -0.25) is 4.79 Å². The van der Waals surface area contributed by atoms with Crippen LogP contribution in [0.4, 0.5) is 5.69 Å². The molecule has 5 nitrogen and oxygen atoms in total. The predicted octanol–water partition coefficient (Wildman–Crippen LogP) is 2.58. The Morgan fingerprint density at radius 2 is 2.00 bits per heavy atom. The van der Waals surface area contributed by atoms with Gasteiger partial charge in [0.25, 0.3) is 5.91 Å². The largest absolute Gasteiger partial charge is 0.508 e. The quantitative estimate of drug-likeness (QED) is 0.698. The van der Waals surface area contributed by atoms with Gasteiger partial charge >= 0.3 is 0 Å². The summed E-state index contributed by atoms with van der Waals surface area (Å²) in [6, 6.07) is 14.2. The molecule has 0 radical (unpaired) electrons. The maximum Gasteiger partial charge on any atom is 0.279 e. The number of nitrogens with zero attached hydrogens (tertiary/aromatic N) is 3. The number of fused-ring (bicyclic) bond motifs is 1. The van der Waals surface area contributed by atoms with Gasteiger partial charge in [-0.15, -0.1) is 5.10 Å². The molecule has 1 heterocycles. The summed E-state index contributed by atoms with van der Waals surface area (Å²) in [5.74, 6) is 0.0211. The summed E-state index contributed by atoms with van der Waals surface area (Å²) >= 11 is 0. The molecule has 3 rings (SSSR count). The van der Waals surface area contributed by atoms with E-state index in [9.17, 15) is 9.90 Å². The van der Waals surface area contributed by atoms with Crippen LogP contribution in [0.2, 0.25) is 0 Å². The van der Waals surface area contributed by atoms with Crippen molar-refractivity contribution in [2.45, 2.75) is 6.92 Å². The zero-order chi connectivity index (χ0) is 15.5. The molecule has 1 aliphatic rings. The first kappa shape index (κ1) is 14.0. The van der Waals surface area contributed by atoms with E-state index in [0.717, 1.165) is 16.8 Å². The van der Waals surface area contributed by atoms with Gasteiger partial charge in [0.1, 0.15) is 5.75 Å². The van der Waals surface area contributed by atoms with Crippen molar-refractivity contribution in [3.8, 4) is 5.75 Å². The molecule has 0 aliphatic carbocycles. The van der Waals surface area contributed by atoms with Crippen molar-refractivity contribution in [3.63, 3.8) is 0 Å². The van der Waals surface area contributed by atoms with E-state index in [-0.39, 0.29) is 11.7 Å². The number of rotatable bonds is 3. The number of hydrogen-bond acceptors (Lipinski definition) is 4. The van der Waals surface area contributed by atoms with E-state index in [2.05, 4.69) is 10.2 Å². The minimum absolute atomic E-state index is 0.142. The number of carbonyl (C=O) groups excluding carboxylic acids is 1. The summed E-state index contributed by atoms with van der Waals surface area (Å²) in [5.41, 5.74) is 2.72. The molecule has 5 heteroatoms. The van der Waals surface area contributed by atoms with Crippen LogP contribution in [0, 0.1) is 0 Å². The third-order valence-electron chi connectivity index (χ3n) is 3.45. The van der Waals surface area contributed by atoms with Crippen molar-refractivity contribution in [1.29, 1.82) is 0 Å². The first-order valence-corrected chi connectivity index (χ1v) is 7.02. The number of phenolic OH excluding ortho intramolecular Hbond substituents is 1. The number of likely N-dealkylation sites (N-methyl/N-ethyl adjacent to an activating group) is 1. The number of benzene rings is 2. The number of phenols is 1. The third kappa shape index (κ3) is 2.48. The van der Waals surface area contributed by atoms with Gasteiger partial charge in [-0.1, -0.05) is 30.3 Å². The zero-order valence-electron chi connectivity index (χ0n) is 12.1. The van der Waals surface area contributed by atoms with Crippen molar-refractivity contribution in [2.24, 2.45) is 10.2 Å². The highest BCUT2D eigenvalue weighted by molar-refractivity contribution is 6.54. The molecular formula is C17H15N3O2. The highest BCUT2D eigenvalue weighted by atomic mass is 16.3. The van der Waals surface area contributed by atoms with E-state index in [4.69, 9.17) is 0 Å². The topological polar surface area (TPSA) is 65.3 Å². The first-order valence-electron chi connectivity index (χ1n) is 7.02. The number of anilines is 1. The van der Waals surface area contributed by atoms with Gasteiger partial charge in [-0.2, -0.15) is 5.10 Å². The third-order valence-corrected chi connectivity index (χ3v) is 3.45. The minimum Gasteiger partial charge on any atom is -0.508 e. The van der Waals surface area contributed by atoms with E-state index < -0.39 is 0 Å². The van der Waals surface area contributed by atoms with Gasteiger partial charge in [0, 0.05) is 12.1 Å². The van der Waals surface area contributed by atoms with Crippen molar-refractivity contribution in [1.82, 2.24) is 0 Å². The Morgan fingerprint density at radius 3 is 2.77 bits per heavy atom. The molecule has 0 saturated heterocycles. The highest BCUT2D eigenvalue weighted by Crippen LogP contribution is 2.28. The second kappa shape index (κ2) is 5.81. The second-order valence-corrected chi connectivity index (χ2v) is 4.85. The van der Waals surface area contributed by atoms with E-state index in [1.807, 2.05) is 31.2 Å². The Bertz CT molecular complexity index is 781. The maximum atomic E-state index is 12.4. The summed E-state index contributed by atoms with van der Waals surface area (Å²) in [4.78, 5) is 14.0. The number of hydrogen-bond donors (Lipinski definition) is 1. The summed E-state index contributed by atoms with van der Waals surface area (Å²) in [6.07, 6.45) is 1.51. The smallest absolute Gasteiger partial charge is 0.279 e. The van der Waals surface area contributed by atoms with Crippen molar-refractivity contribution >= 4 is 23.5 Å². The molecule has 2 aromatic rings. The summed E-state index contributed by atoms with van der Waals surface area (Å²) in [7, 11) is 0. The Hall–Kier alpha value is -2.95. The van der Waals surface area contributed by atoms with Crippen LogP contribution < -0.4 is 4.90 Å². The molecule has 0 spiro atoms. The van der Waals surface area contributed by atoms with E-state index in [1.54, 1.807) is 29.2 Å². The fourth-order valence-electron chi connectivity index (χ4n) is 2.43. The lowest BCUT2D eigenvalue weighted by Gasteiger charge is -2.12. The standard InChI is InChI=1S/C17H15N3O2/c1-2-20-15-9-4-3-8-14(15)16(17(20)22)19-18-11-12-6-5-7-13(21)10-12/h3-11,21H,2H2,1H3/b18-11-,19-16+. The van der Waals surface area contributed by atoms with Gasteiger partial charge < -0.3 is 10.0 Å². The average Bonchev–Trinajstić information content (AvgIpc) is 2.79. The second-order valence-electron chi connectivity index (χ2n) is 4.85. The van der Waals surface area contributed by atoms with Gasteiger partial charge in [-0.25, -0.2) is 0 Å². The van der Waals surface area contributed by atoms with E-state index in [1.165, 1.54) is 6.21 Å². The van der Waals surface area contributed by atoms with Gasteiger partial charge in [0.15, 0.2) is 5.71 Å². The number of para-hydroxylation sites is 1. The van der Waals surface area contributed by atoms with Crippen molar-refractivity contribution in [3.05, 3.63) is 59.7 Å². The van der Waals surface area contributed by atoms with Crippen LogP contribution in [0.25, 0.3) is 0 Å². The first-order chi connectivity index (χ1) is 10.7. The van der Waals surface area contributed by atoms with Gasteiger partial charge in [0.2, 0.25) is 0 Å². The van der Waals surface area contributed by atoms with Crippen LogP contribution in [0.3, 0.4) is 0 Å². The van der Waals surface area contributed by atoms with Crippen LogP contribution in [-0.2, 0) is 4.79 Å². The Balaban J connectivity index is 1.93. The van der Waals surface area contributed by atoms with Crippen LogP contribution >= 0.6 is 0 Å². The van der Waals surface area contributed by atoms with Crippen LogP contribution in [-0.4, -0.2) is 29.5 Å². The monoisotopic (exact) mass is 293 g/mol. The molecule has 0 fully saturated rings. The number of aromatic hydroxyl groups is 1. The summed E-state index contributed by atoms with van der Waals surface area (Å²) in [6.45, 7) is 2.51. The Kier molecular flexibility index (Phi) is 3.70. The lowest BCUT2D eigenvalue weighted by atomic mass is 10.1. The maximum absolute atomic E-state index is 12.4. The van der Waals surface area contributed by atoms with E-state index >= 15 is 0 Å². The molecule has 110 valence electrons. The SMILES string of the molecule is CCN1C(=O)/C(=N/N=C\c2cccc(O)c2)c2ccccc21. The molecule has 22 heavy (non-hydrogen) atoms. The van der Waals surface area contributed by atoms with Crippen molar-refractivity contribution in [2.75, 3.05) is 11.4 Å². The zero-order valence-corrected chi connectivity index (χ0v) is 12.1. The van der Waals surface area contributed by atoms with Crippen molar-refractivity contribution < 1.29 is 9.90 Å². The molecule has 1 amide bonds. The highest BCUT2D eigenvalue weighted by Gasteiger charge is 2.32. The Morgan fingerprint density at radius 1 is 1.18 bits per heavy atom. The fourth-order valence-corrected chi connectivity index (χ4v) is 2.43. The van der Waals surface area contributed by atoms with E-state index in [0.29, 0.717) is 12.3 Å².